The van der Waals surface area contributed by atoms with Gasteiger partial charge in [-0.3, -0.25) is 0 Å². The van der Waals surface area contributed by atoms with Crippen LogP contribution in [0.3, 0.4) is 0 Å². The number of piperidine rings is 1. The van der Waals surface area contributed by atoms with Gasteiger partial charge in [0.15, 0.2) is 0 Å². The first-order valence-electron chi connectivity index (χ1n) is 6.46. The minimum absolute atomic E-state index is 0.213. The summed E-state index contributed by atoms with van der Waals surface area (Å²) < 4.78 is 18.5. The standard InChI is InChI=1S/C14H18FNO/c15-11-2-6-13(7-3-11)17-9-10-1-4-12-5-8-14(10)16-12/h2-3,6-7,10,12,14,16H,1,4-5,8-9H2/t10-,12?,14+/m1/s1. The highest BCUT2D eigenvalue weighted by Crippen LogP contribution is 2.31. The normalized spacial score (nSPS) is 31.5. The van der Waals surface area contributed by atoms with E-state index in [0.717, 1.165) is 18.4 Å². The van der Waals surface area contributed by atoms with Gasteiger partial charge in [0.1, 0.15) is 11.6 Å². The molecule has 2 bridgehead atoms. The first-order chi connectivity index (χ1) is 8.31. The van der Waals surface area contributed by atoms with Crippen molar-refractivity contribution in [3.8, 4) is 5.75 Å². The van der Waals surface area contributed by atoms with Crippen LogP contribution in [0.4, 0.5) is 4.39 Å². The Morgan fingerprint density at radius 3 is 2.71 bits per heavy atom. The summed E-state index contributed by atoms with van der Waals surface area (Å²) >= 11 is 0. The molecule has 0 saturated carbocycles. The van der Waals surface area contributed by atoms with Crippen LogP contribution in [-0.4, -0.2) is 18.7 Å². The lowest BCUT2D eigenvalue weighted by Crippen LogP contribution is -2.42. The molecule has 0 aliphatic carbocycles. The second kappa shape index (κ2) is 4.65. The van der Waals surface area contributed by atoms with Gasteiger partial charge in [-0.1, -0.05) is 0 Å². The summed E-state index contributed by atoms with van der Waals surface area (Å²) in [4.78, 5) is 0. The maximum Gasteiger partial charge on any atom is 0.123 e. The fourth-order valence-electron chi connectivity index (χ4n) is 3.00. The number of hydrogen-bond acceptors (Lipinski definition) is 2. The Bertz CT molecular complexity index is 378. The summed E-state index contributed by atoms with van der Waals surface area (Å²) in [7, 11) is 0. The number of hydrogen-bond donors (Lipinski definition) is 1. The molecule has 1 aromatic carbocycles. The first kappa shape index (κ1) is 11.0. The van der Waals surface area contributed by atoms with E-state index in [-0.39, 0.29) is 5.82 Å². The van der Waals surface area contributed by atoms with Crippen LogP contribution in [0.5, 0.6) is 5.75 Å². The van der Waals surface area contributed by atoms with Crippen molar-refractivity contribution in [3.05, 3.63) is 30.1 Å². The van der Waals surface area contributed by atoms with Crippen LogP contribution < -0.4 is 10.1 Å². The molecule has 2 heterocycles. The highest BCUT2D eigenvalue weighted by Gasteiger charge is 2.35. The predicted molar refractivity (Wildman–Crippen MR) is 64.6 cm³/mol. The maximum atomic E-state index is 12.7. The van der Waals surface area contributed by atoms with Gasteiger partial charge in [-0.15, -0.1) is 0 Å². The monoisotopic (exact) mass is 235 g/mol. The average Bonchev–Trinajstić information content (AvgIpc) is 2.73. The summed E-state index contributed by atoms with van der Waals surface area (Å²) in [6.07, 6.45) is 5.12. The zero-order valence-electron chi connectivity index (χ0n) is 9.86. The molecule has 92 valence electrons. The molecule has 2 nitrogen and oxygen atoms in total. The number of ether oxygens (including phenoxy) is 1. The minimum Gasteiger partial charge on any atom is -0.493 e. The van der Waals surface area contributed by atoms with E-state index >= 15 is 0 Å². The molecule has 1 N–H and O–H groups in total. The van der Waals surface area contributed by atoms with Crippen LogP contribution in [0.15, 0.2) is 24.3 Å². The van der Waals surface area contributed by atoms with Crippen molar-refractivity contribution < 1.29 is 9.13 Å². The van der Waals surface area contributed by atoms with E-state index in [1.807, 2.05) is 0 Å². The summed E-state index contributed by atoms with van der Waals surface area (Å²) in [5.41, 5.74) is 0. The van der Waals surface area contributed by atoms with Gasteiger partial charge in [0, 0.05) is 18.0 Å². The Labute approximate surface area is 101 Å². The summed E-state index contributed by atoms with van der Waals surface area (Å²) in [5.74, 6) is 1.17. The van der Waals surface area contributed by atoms with Crippen LogP contribution in [0.25, 0.3) is 0 Å². The van der Waals surface area contributed by atoms with Gasteiger partial charge in [0.2, 0.25) is 0 Å². The Hall–Kier alpha value is -1.09. The van der Waals surface area contributed by atoms with E-state index in [1.54, 1.807) is 12.1 Å². The fourth-order valence-corrected chi connectivity index (χ4v) is 3.00. The van der Waals surface area contributed by atoms with Crippen LogP contribution in [-0.2, 0) is 0 Å². The van der Waals surface area contributed by atoms with E-state index in [4.69, 9.17) is 4.74 Å². The Kier molecular flexibility index (Phi) is 3.02. The van der Waals surface area contributed by atoms with Gasteiger partial charge in [-0.05, 0) is 49.9 Å². The molecule has 0 spiro atoms. The Balaban J connectivity index is 1.55. The number of halogens is 1. The fraction of sp³-hybridized carbons (Fsp3) is 0.571. The molecule has 0 aromatic heterocycles. The predicted octanol–water partition coefficient (Wildman–Crippen LogP) is 2.74. The molecular formula is C14H18FNO. The molecule has 3 heteroatoms. The minimum atomic E-state index is -0.213. The van der Waals surface area contributed by atoms with Gasteiger partial charge in [0.25, 0.3) is 0 Å². The van der Waals surface area contributed by atoms with E-state index in [1.165, 1.54) is 37.8 Å². The first-order valence-corrected chi connectivity index (χ1v) is 6.46. The number of benzene rings is 1. The highest BCUT2D eigenvalue weighted by atomic mass is 19.1. The number of nitrogens with one attached hydrogen (secondary N) is 1. The highest BCUT2D eigenvalue weighted by molar-refractivity contribution is 5.22. The summed E-state index contributed by atoms with van der Waals surface area (Å²) in [6, 6.07) is 7.67. The van der Waals surface area contributed by atoms with Crippen LogP contribution in [0.2, 0.25) is 0 Å². The van der Waals surface area contributed by atoms with E-state index in [9.17, 15) is 4.39 Å². The third kappa shape index (κ3) is 2.44. The van der Waals surface area contributed by atoms with E-state index in [2.05, 4.69) is 5.32 Å². The van der Waals surface area contributed by atoms with Crippen molar-refractivity contribution in [2.75, 3.05) is 6.61 Å². The molecule has 1 aromatic rings. The van der Waals surface area contributed by atoms with Gasteiger partial charge < -0.3 is 10.1 Å². The lowest BCUT2D eigenvalue weighted by atomic mass is 9.93. The topological polar surface area (TPSA) is 21.3 Å². The lowest BCUT2D eigenvalue weighted by molar-refractivity contribution is 0.182. The molecule has 3 rings (SSSR count). The third-order valence-corrected chi connectivity index (χ3v) is 4.01. The van der Waals surface area contributed by atoms with E-state index < -0.39 is 0 Å². The van der Waals surface area contributed by atoms with Crippen molar-refractivity contribution in [1.82, 2.24) is 5.32 Å². The second-order valence-corrected chi connectivity index (χ2v) is 5.15. The van der Waals surface area contributed by atoms with Gasteiger partial charge in [-0.25, -0.2) is 4.39 Å². The van der Waals surface area contributed by atoms with E-state index in [0.29, 0.717) is 12.0 Å². The number of fused-ring (bicyclic) bond motifs is 2. The van der Waals surface area contributed by atoms with Crippen LogP contribution in [0.1, 0.15) is 25.7 Å². The molecule has 0 amide bonds. The zero-order valence-corrected chi connectivity index (χ0v) is 9.86. The lowest BCUT2D eigenvalue weighted by Gasteiger charge is -2.30. The Morgan fingerprint density at radius 1 is 1.12 bits per heavy atom. The van der Waals surface area contributed by atoms with Crippen molar-refractivity contribution >= 4 is 0 Å². The molecule has 0 radical (unpaired) electrons. The van der Waals surface area contributed by atoms with Crippen LogP contribution >= 0.6 is 0 Å². The van der Waals surface area contributed by atoms with Crippen molar-refractivity contribution in [2.24, 2.45) is 5.92 Å². The van der Waals surface area contributed by atoms with Crippen LogP contribution in [0, 0.1) is 11.7 Å². The molecule has 2 fully saturated rings. The summed E-state index contributed by atoms with van der Waals surface area (Å²) in [5, 5.41) is 3.65. The Morgan fingerprint density at radius 2 is 1.88 bits per heavy atom. The third-order valence-electron chi connectivity index (χ3n) is 4.01. The maximum absolute atomic E-state index is 12.7. The molecule has 17 heavy (non-hydrogen) atoms. The average molecular weight is 235 g/mol. The number of rotatable bonds is 3. The van der Waals surface area contributed by atoms with Gasteiger partial charge >= 0.3 is 0 Å². The molecule has 2 aliphatic rings. The zero-order chi connectivity index (χ0) is 11.7. The quantitative estimate of drug-likeness (QED) is 0.869. The van der Waals surface area contributed by atoms with Gasteiger partial charge in [0.05, 0.1) is 6.61 Å². The summed E-state index contributed by atoms with van der Waals surface area (Å²) in [6.45, 7) is 0.746. The molecular weight excluding hydrogens is 217 g/mol. The smallest absolute Gasteiger partial charge is 0.123 e. The second-order valence-electron chi connectivity index (χ2n) is 5.15. The molecule has 1 unspecified atom stereocenters. The molecule has 3 atom stereocenters. The van der Waals surface area contributed by atoms with Crippen molar-refractivity contribution in [1.29, 1.82) is 0 Å². The van der Waals surface area contributed by atoms with Gasteiger partial charge in [-0.2, -0.15) is 0 Å². The largest absolute Gasteiger partial charge is 0.493 e. The van der Waals surface area contributed by atoms with Crippen molar-refractivity contribution in [2.45, 2.75) is 37.8 Å². The molecule has 2 aliphatic heterocycles. The van der Waals surface area contributed by atoms with Crippen molar-refractivity contribution in [3.63, 3.8) is 0 Å². The SMILES string of the molecule is Fc1ccc(OC[C@H]2CCC3CC[C@@H]2N3)cc1. The molecule has 2 saturated heterocycles.